The molecule has 1 aromatic carbocycles. The maximum absolute atomic E-state index is 5.85. The summed E-state index contributed by atoms with van der Waals surface area (Å²) in [5.41, 5.74) is 1.82. The first kappa shape index (κ1) is 16.6. The molecule has 1 aromatic heterocycles. The lowest BCUT2D eigenvalue weighted by molar-refractivity contribution is 0.244. The topological polar surface area (TPSA) is 59.1 Å². The third-order valence-corrected chi connectivity index (χ3v) is 4.06. The van der Waals surface area contributed by atoms with E-state index < -0.39 is 0 Å². The molecule has 0 spiro atoms. The third-order valence-electron chi connectivity index (χ3n) is 4.06. The van der Waals surface area contributed by atoms with E-state index in [1.54, 1.807) is 0 Å². The summed E-state index contributed by atoms with van der Waals surface area (Å²) in [6.07, 6.45) is 5.15. The quantitative estimate of drug-likeness (QED) is 0.808. The summed E-state index contributed by atoms with van der Waals surface area (Å²) >= 11 is 0. The minimum absolute atomic E-state index is 0.117. The highest BCUT2D eigenvalue weighted by molar-refractivity contribution is 5.63. The average Bonchev–Trinajstić information content (AvgIpc) is 3.01. The van der Waals surface area contributed by atoms with Crippen molar-refractivity contribution in [2.24, 2.45) is 0 Å². The Balaban J connectivity index is 1.78. The molecule has 24 heavy (non-hydrogen) atoms. The molecule has 128 valence electrons. The van der Waals surface area contributed by atoms with Crippen molar-refractivity contribution in [3.8, 4) is 5.75 Å². The zero-order valence-corrected chi connectivity index (χ0v) is 14.7. The van der Waals surface area contributed by atoms with Gasteiger partial charge < -0.3 is 15.4 Å². The number of para-hydroxylation sites is 2. The number of anilines is 3. The fourth-order valence-electron chi connectivity index (χ4n) is 3.02. The Kier molecular flexibility index (Phi) is 5.18. The second kappa shape index (κ2) is 7.51. The van der Waals surface area contributed by atoms with Crippen LogP contribution in [0.4, 0.5) is 17.5 Å². The Labute approximate surface area is 143 Å². The van der Waals surface area contributed by atoms with E-state index in [0.717, 1.165) is 22.9 Å². The van der Waals surface area contributed by atoms with Crippen LogP contribution in [0.15, 0.2) is 30.3 Å². The number of ether oxygens (including phenoxy) is 1. The summed E-state index contributed by atoms with van der Waals surface area (Å²) in [7, 11) is 0. The summed E-state index contributed by atoms with van der Waals surface area (Å²) in [5.74, 6) is 2.29. The van der Waals surface area contributed by atoms with Crippen LogP contribution in [0.5, 0.6) is 5.75 Å². The molecule has 1 saturated carbocycles. The van der Waals surface area contributed by atoms with Crippen molar-refractivity contribution in [2.75, 3.05) is 10.6 Å². The van der Waals surface area contributed by atoms with Gasteiger partial charge in [0, 0.05) is 17.8 Å². The van der Waals surface area contributed by atoms with Crippen LogP contribution in [-0.2, 0) is 0 Å². The molecule has 0 atom stereocenters. The van der Waals surface area contributed by atoms with Gasteiger partial charge in [0.1, 0.15) is 11.6 Å². The first-order chi connectivity index (χ1) is 11.6. The zero-order valence-electron chi connectivity index (χ0n) is 14.7. The number of nitrogens with zero attached hydrogens (tertiary/aromatic N) is 2. The lowest BCUT2D eigenvalue weighted by atomic mass is 10.2. The molecule has 0 unspecified atom stereocenters. The monoisotopic (exact) mass is 326 g/mol. The Morgan fingerprint density at radius 2 is 1.88 bits per heavy atom. The number of aromatic nitrogens is 2. The van der Waals surface area contributed by atoms with Crippen LogP contribution in [-0.4, -0.2) is 22.1 Å². The summed E-state index contributed by atoms with van der Waals surface area (Å²) in [4.78, 5) is 9.13. The SMILES string of the molecule is Cc1cc(NC2CCCC2)nc(Nc2ccccc2OC(C)C)n1. The van der Waals surface area contributed by atoms with E-state index in [-0.39, 0.29) is 6.10 Å². The number of benzene rings is 1. The third kappa shape index (κ3) is 4.37. The minimum atomic E-state index is 0.117. The average molecular weight is 326 g/mol. The normalized spacial score (nSPS) is 14.8. The van der Waals surface area contributed by atoms with E-state index in [4.69, 9.17) is 4.74 Å². The molecule has 1 fully saturated rings. The Morgan fingerprint density at radius 1 is 1.12 bits per heavy atom. The molecule has 1 aliphatic rings. The number of hydrogen-bond acceptors (Lipinski definition) is 5. The molecule has 0 aliphatic heterocycles. The second-order valence-corrected chi connectivity index (χ2v) is 6.63. The van der Waals surface area contributed by atoms with Crippen molar-refractivity contribution >= 4 is 17.5 Å². The highest BCUT2D eigenvalue weighted by Crippen LogP contribution is 2.28. The van der Waals surface area contributed by atoms with Crippen molar-refractivity contribution in [3.63, 3.8) is 0 Å². The van der Waals surface area contributed by atoms with Crippen molar-refractivity contribution < 1.29 is 4.74 Å². The van der Waals surface area contributed by atoms with Gasteiger partial charge in [0.05, 0.1) is 11.8 Å². The predicted octanol–water partition coefficient (Wildman–Crippen LogP) is 4.67. The van der Waals surface area contributed by atoms with E-state index in [1.165, 1.54) is 25.7 Å². The molecular weight excluding hydrogens is 300 g/mol. The van der Waals surface area contributed by atoms with Crippen LogP contribution in [0.1, 0.15) is 45.2 Å². The van der Waals surface area contributed by atoms with Gasteiger partial charge in [-0.3, -0.25) is 0 Å². The summed E-state index contributed by atoms with van der Waals surface area (Å²) in [6.45, 7) is 6.02. The Bertz CT molecular complexity index is 681. The smallest absolute Gasteiger partial charge is 0.229 e. The van der Waals surface area contributed by atoms with Gasteiger partial charge >= 0.3 is 0 Å². The number of hydrogen-bond donors (Lipinski definition) is 2. The minimum Gasteiger partial charge on any atom is -0.489 e. The second-order valence-electron chi connectivity index (χ2n) is 6.63. The maximum Gasteiger partial charge on any atom is 0.229 e. The number of aryl methyl sites for hydroxylation is 1. The van der Waals surface area contributed by atoms with Crippen LogP contribution < -0.4 is 15.4 Å². The highest BCUT2D eigenvalue weighted by Gasteiger charge is 2.16. The summed E-state index contributed by atoms with van der Waals surface area (Å²) in [5, 5.41) is 6.83. The van der Waals surface area contributed by atoms with Crippen LogP contribution in [0, 0.1) is 6.92 Å². The van der Waals surface area contributed by atoms with Crippen LogP contribution in [0.25, 0.3) is 0 Å². The van der Waals surface area contributed by atoms with Crippen molar-refractivity contribution in [1.29, 1.82) is 0 Å². The predicted molar refractivity (Wildman–Crippen MR) is 98.1 cm³/mol. The van der Waals surface area contributed by atoms with Crippen molar-refractivity contribution in [2.45, 2.75) is 58.6 Å². The molecule has 0 saturated heterocycles. The first-order valence-corrected chi connectivity index (χ1v) is 8.75. The van der Waals surface area contributed by atoms with Crippen molar-refractivity contribution in [1.82, 2.24) is 9.97 Å². The summed E-state index contributed by atoms with van der Waals surface area (Å²) in [6, 6.07) is 10.4. The van der Waals surface area contributed by atoms with E-state index in [2.05, 4.69) is 20.6 Å². The maximum atomic E-state index is 5.85. The number of nitrogens with one attached hydrogen (secondary N) is 2. The molecule has 2 aromatic rings. The van der Waals surface area contributed by atoms with E-state index in [9.17, 15) is 0 Å². The molecule has 1 aliphatic carbocycles. The molecule has 0 radical (unpaired) electrons. The number of rotatable bonds is 6. The molecule has 5 nitrogen and oxygen atoms in total. The standard InChI is InChI=1S/C19H26N4O/c1-13(2)24-17-11-7-6-10-16(17)22-19-20-14(3)12-18(23-19)21-15-8-4-5-9-15/h6-7,10-13,15H,4-5,8-9H2,1-3H3,(H2,20,21,22,23). The van der Waals surface area contributed by atoms with Gasteiger partial charge in [-0.25, -0.2) is 4.98 Å². The molecule has 1 heterocycles. The van der Waals surface area contributed by atoms with Gasteiger partial charge in [0.2, 0.25) is 5.95 Å². The fraction of sp³-hybridized carbons (Fsp3) is 0.474. The van der Waals surface area contributed by atoms with E-state index in [0.29, 0.717) is 12.0 Å². The highest BCUT2D eigenvalue weighted by atomic mass is 16.5. The van der Waals surface area contributed by atoms with Crippen LogP contribution >= 0.6 is 0 Å². The fourth-order valence-corrected chi connectivity index (χ4v) is 3.02. The van der Waals surface area contributed by atoms with Crippen molar-refractivity contribution in [3.05, 3.63) is 36.0 Å². The molecule has 2 N–H and O–H groups in total. The zero-order chi connectivity index (χ0) is 16.9. The molecule has 5 heteroatoms. The molecular formula is C19H26N4O. The first-order valence-electron chi connectivity index (χ1n) is 8.75. The summed E-state index contributed by atoms with van der Waals surface area (Å²) < 4.78 is 5.85. The lowest BCUT2D eigenvalue weighted by Crippen LogP contribution is -2.16. The van der Waals surface area contributed by atoms with Gasteiger partial charge in [0.15, 0.2) is 0 Å². The molecule has 0 amide bonds. The van der Waals surface area contributed by atoms with Crippen LogP contribution in [0.2, 0.25) is 0 Å². The van der Waals surface area contributed by atoms with E-state index >= 15 is 0 Å². The van der Waals surface area contributed by atoms with Gasteiger partial charge in [-0.15, -0.1) is 0 Å². The van der Waals surface area contributed by atoms with E-state index in [1.807, 2.05) is 51.1 Å². The lowest BCUT2D eigenvalue weighted by Gasteiger charge is -2.16. The molecule has 0 bridgehead atoms. The van der Waals surface area contributed by atoms with Gasteiger partial charge in [-0.2, -0.15) is 4.98 Å². The Hall–Kier alpha value is -2.30. The van der Waals surface area contributed by atoms with Gasteiger partial charge in [-0.1, -0.05) is 25.0 Å². The molecule has 3 rings (SSSR count). The van der Waals surface area contributed by atoms with Gasteiger partial charge in [0.25, 0.3) is 0 Å². The Morgan fingerprint density at radius 3 is 2.62 bits per heavy atom. The van der Waals surface area contributed by atoms with Crippen LogP contribution in [0.3, 0.4) is 0 Å². The largest absolute Gasteiger partial charge is 0.489 e. The van der Waals surface area contributed by atoms with Gasteiger partial charge in [-0.05, 0) is 45.7 Å².